The molecule has 0 aromatic carbocycles. The molecule has 9 nitrogen and oxygen atoms in total. The summed E-state index contributed by atoms with van der Waals surface area (Å²) in [4.78, 5) is 46.9. The number of hydrogen-bond acceptors (Lipinski definition) is 7. The zero-order valence-electron chi connectivity index (χ0n) is 14.5. The molecule has 5 N–H and O–H groups in total. The standard InChI is InChI=1S/C15H24N2O7S/c1-6(2)10(19)15(11(20)7(3)12(21)17-15)14(24)25-5-9(13(22)23)16-8(4)18/h6-7,9-11,19-20H,5H2,1-4H3,(H,16,18)(H,17,21)(H,22,23)/t7-,9+,10-,11+,15+/m1/s1. The lowest BCUT2D eigenvalue weighted by Crippen LogP contribution is -2.64. The lowest BCUT2D eigenvalue weighted by molar-refractivity contribution is -0.140. The largest absolute Gasteiger partial charge is 0.480 e. The second-order valence-electron chi connectivity index (χ2n) is 6.47. The molecule has 142 valence electrons. The van der Waals surface area contributed by atoms with E-state index in [-0.39, 0.29) is 5.75 Å². The molecule has 0 aromatic heterocycles. The van der Waals surface area contributed by atoms with E-state index in [0.717, 1.165) is 6.92 Å². The summed E-state index contributed by atoms with van der Waals surface area (Å²) in [6.45, 7) is 5.84. The highest BCUT2D eigenvalue weighted by Gasteiger charge is 2.60. The van der Waals surface area contributed by atoms with Gasteiger partial charge in [0, 0.05) is 12.7 Å². The number of hydrogen-bond donors (Lipinski definition) is 5. The van der Waals surface area contributed by atoms with Gasteiger partial charge in [0.1, 0.15) is 6.04 Å². The van der Waals surface area contributed by atoms with E-state index in [9.17, 15) is 29.4 Å². The van der Waals surface area contributed by atoms with E-state index < -0.39 is 58.5 Å². The number of aliphatic hydroxyl groups is 2. The maximum Gasteiger partial charge on any atom is 0.327 e. The fourth-order valence-corrected chi connectivity index (χ4v) is 3.77. The monoisotopic (exact) mass is 376 g/mol. The van der Waals surface area contributed by atoms with Gasteiger partial charge in [-0.3, -0.25) is 14.4 Å². The number of carboxylic acids is 1. The predicted octanol–water partition coefficient (Wildman–Crippen LogP) is -1.28. The number of aliphatic carboxylic acids is 1. The molecule has 0 spiro atoms. The number of aliphatic hydroxyl groups excluding tert-OH is 2. The smallest absolute Gasteiger partial charge is 0.327 e. The minimum Gasteiger partial charge on any atom is -0.480 e. The molecule has 1 aliphatic heterocycles. The summed E-state index contributed by atoms with van der Waals surface area (Å²) >= 11 is 0.535. The second kappa shape index (κ2) is 8.15. The number of carbonyl (C=O) groups is 4. The van der Waals surface area contributed by atoms with Gasteiger partial charge in [-0.05, 0) is 5.92 Å². The van der Waals surface area contributed by atoms with Crippen molar-refractivity contribution >= 4 is 34.7 Å². The summed E-state index contributed by atoms with van der Waals surface area (Å²) in [5.74, 6) is -4.12. The van der Waals surface area contributed by atoms with Crippen molar-refractivity contribution < 1.29 is 34.5 Å². The minimum absolute atomic E-state index is 0.308. The van der Waals surface area contributed by atoms with Gasteiger partial charge in [-0.25, -0.2) is 4.79 Å². The van der Waals surface area contributed by atoms with Gasteiger partial charge in [-0.1, -0.05) is 32.5 Å². The van der Waals surface area contributed by atoms with Crippen LogP contribution in [0.2, 0.25) is 0 Å². The highest BCUT2D eigenvalue weighted by molar-refractivity contribution is 8.13. The highest BCUT2D eigenvalue weighted by atomic mass is 32.2. The third kappa shape index (κ3) is 4.31. The van der Waals surface area contributed by atoms with E-state index in [0.29, 0.717) is 11.8 Å². The van der Waals surface area contributed by atoms with Gasteiger partial charge in [0.15, 0.2) is 5.54 Å². The van der Waals surface area contributed by atoms with E-state index in [2.05, 4.69) is 10.6 Å². The van der Waals surface area contributed by atoms with Crippen LogP contribution in [0.3, 0.4) is 0 Å². The van der Waals surface area contributed by atoms with Crippen LogP contribution in [0.4, 0.5) is 0 Å². The lowest BCUT2D eigenvalue weighted by atomic mass is 9.81. The van der Waals surface area contributed by atoms with Crippen molar-refractivity contribution in [3.05, 3.63) is 0 Å². The van der Waals surface area contributed by atoms with Crippen LogP contribution in [0, 0.1) is 11.8 Å². The van der Waals surface area contributed by atoms with E-state index in [4.69, 9.17) is 5.11 Å². The zero-order chi connectivity index (χ0) is 19.5. The first-order valence-corrected chi connectivity index (χ1v) is 8.79. The number of thioether (sulfide) groups is 1. The van der Waals surface area contributed by atoms with Gasteiger partial charge in [-0.15, -0.1) is 0 Å². The van der Waals surface area contributed by atoms with E-state index in [1.807, 2.05) is 0 Å². The lowest BCUT2D eigenvalue weighted by Gasteiger charge is -2.37. The van der Waals surface area contributed by atoms with Crippen LogP contribution in [0.25, 0.3) is 0 Å². The van der Waals surface area contributed by atoms with Gasteiger partial charge >= 0.3 is 5.97 Å². The van der Waals surface area contributed by atoms with Gasteiger partial charge < -0.3 is 26.0 Å². The fraction of sp³-hybridized carbons (Fsp3) is 0.733. The summed E-state index contributed by atoms with van der Waals surface area (Å²) in [5.41, 5.74) is -1.92. The molecule has 5 atom stereocenters. The summed E-state index contributed by atoms with van der Waals surface area (Å²) < 4.78 is 0. The Hall–Kier alpha value is -1.65. The van der Waals surface area contributed by atoms with Crippen LogP contribution < -0.4 is 10.6 Å². The Morgan fingerprint density at radius 2 is 1.92 bits per heavy atom. The van der Waals surface area contributed by atoms with Gasteiger partial charge in [0.05, 0.1) is 18.1 Å². The maximum atomic E-state index is 12.8. The molecule has 10 heteroatoms. The second-order valence-corrected chi connectivity index (χ2v) is 7.46. The maximum absolute atomic E-state index is 12.8. The predicted molar refractivity (Wildman–Crippen MR) is 89.6 cm³/mol. The van der Waals surface area contributed by atoms with Crippen molar-refractivity contribution in [2.24, 2.45) is 11.8 Å². The summed E-state index contributed by atoms with van der Waals surface area (Å²) in [6, 6.07) is -1.31. The molecule has 25 heavy (non-hydrogen) atoms. The first-order chi connectivity index (χ1) is 11.4. The number of carbonyl (C=O) groups excluding carboxylic acids is 3. The molecule has 0 aromatic rings. The first-order valence-electron chi connectivity index (χ1n) is 7.80. The summed E-state index contributed by atoms with van der Waals surface area (Å²) in [7, 11) is 0. The molecular weight excluding hydrogens is 352 g/mol. The Morgan fingerprint density at radius 1 is 1.36 bits per heavy atom. The number of amides is 2. The molecule has 0 radical (unpaired) electrons. The third-order valence-corrected chi connectivity index (χ3v) is 5.28. The fourth-order valence-electron chi connectivity index (χ4n) is 2.70. The number of nitrogens with one attached hydrogen (secondary N) is 2. The molecule has 0 aliphatic carbocycles. The Labute approximate surface area is 149 Å². The molecule has 0 saturated carbocycles. The molecule has 1 fully saturated rings. The quantitative estimate of drug-likeness (QED) is 0.368. The zero-order valence-corrected chi connectivity index (χ0v) is 15.3. The van der Waals surface area contributed by atoms with Gasteiger partial charge in [0.2, 0.25) is 16.9 Å². The Morgan fingerprint density at radius 3 is 2.28 bits per heavy atom. The molecule has 0 bridgehead atoms. The normalized spacial score (nSPS) is 28.4. The van der Waals surface area contributed by atoms with E-state index >= 15 is 0 Å². The Kier molecular flexibility index (Phi) is 6.98. The van der Waals surface area contributed by atoms with E-state index in [1.165, 1.54) is 6.92 Å². The summed E-state index contributed by atoms with van der Waals surface area (Å²) in [5, 5.41) is 33.8. The van der Waals surface area contributed by atoms with Crippen LogP contribution in [0.1, 0.15) is 27.7 Å². The first kappa shape index (κ1) is 21.4. The average Bonchev–Trinajstić information content (AvgIpc) is 2.74. The van der Waals surface area contributed by atoms with Crippen LogP contribution in [0.5, 0.6) is 0 Å². The third-order valence-electron chi connectivity index (χ3n) is 4.18. The average molecular weight is 376 g/mol. The number of carboxylic acid groups (broad SMARTS) is 1. The van der Waals surface area contributed by atoms with Gasteiger partial charge in [-0.2, -0.15) is 0 Å². The molecular formula is C15H24N2O7S. The van der Waals surface area contributed by atoms with Crippen molar-refractivity contribution in [1.82, 2.24) is 10.6 Å². The molecule has 1 rings (SSSR count). The highest BCUT2D eigenvalue weighted by Crippen LogP contribution is 2.36. The van der Waals surface area contributed by atoms with Crippen LogP contribution >= 0.6 is 11.8 Å². The SMILES string of the molecule is CC(=O)N[C@@H](CSC(=O)[C@@]1([C@H](O)C(C)C)NC(=O)[C@H](C)[C@@H]1O)C(=O)O. The van der Waals surface area contributed by atoms with Gasteiger partial charge in [0.25, 0.3) is 0 Å². The number of rotatable bonds is 7. The molecule has 1 aliphatic rings. The van der Waals surface area contributed by atoms with Crippen LogP contribution in [0.15, 0.2) is 0 Å². The van der Waals surface area contributed by atoms with Crippen molar-refractivity contribution in [3.8, 4) is 0 Å². The van der Waals surface area contributed by atoms with Crippen molar-refractivity contribution in [3.63, 3.8) is 0 Å². The molecule has 1 saturated heterocycles. The minimum atomic E-state index is -1.92. The van der Waals surface area contributed by atoms with Crippen molar-refractivity contribution in [2.75, 3.05) is 5.75 Å². The molecule has 2 amide bonds. The Balaban J connectivity index is 3.04. The molecule has 1 heterocycles. The Bertz CT molecular complexity index is 568. The van der Waals surface area contributed by atoms with E-state index in [1.54, 1.807) is 13.8 Å². The topological polar surface area (TPSA) is 153 Å². The van der Waals surface area contributed by atoms with Crippen molar-refractivity contribution in [1.29, 1.82) is 0 Å². The van der Waals surface area contributed by atoms with Crippen LogP contribution in [-0.2, 0) is 19.2 Å². The van der Waals surface area contributed by atoms with Crippen LogP contribution in [-0.4, -0.2) is 67.8 Å². The summed E-state index contributed by atoms with van der Waals surface area (Å²) in [6.07, 6.45) is -2.82. The molecule has 0 unspecified atom stereocenters. The van der Waals surface area contributed by atoms with Crippen molar-refractivity contribution in [2.45, 2.75) is 51.5 Å².